The van der Waals surface area contributed by atoms with E-state index in [0.717, 1.165) is 26.2 Å². The Kier molecular flexibility index (Phi) is 12.8. The Hall–Kier alpha value is -6.46. The highest BCUT2D eigenvalue weighted by molar-refractivity contribution is 7.22. The summed E-state index contributed by atoms with van der Waals surface area (Å²) in [6.07, 6.45) is -1.76. The second-order valence-corrected chi connectivity index (χ2v) is 17.1. The number of benzene rings is 4. The lowest BCUT2D eigenvalue weighted by atomic mass is 9.96. The van der Waals surface area contributed by atoms with Crippen molar-refractivity contribution < 1.29 is 42.4 Å². The maximum atomic E-state index is 16.4. The van der Waals surface area contributed by atoms with E-state index in [-0.39, 0.29) is 41.7 Å². The molecule has 1 N–H and O–H groups in total. The van der Waals surface area contributed by atoms with E-state index in [1.54, 1.807) is 54.6 Å². The van der Waals surface area contributed by atoms with Gasteiger partial charge in [0.1, 0.15) is 58.4 Å². The number of likely N-dealkylation sites (N-methyl/N-ethyl adjacent to an activating group) is 1. The first-order valence-electron chi connectivity index (χ1n) is 20.9. The number of thiophene rings is 1. The van der Waals surface area contributed by atoms with E-state index < -0.39 is 30.4 Å². The Morgan fingerprint density at radius 3 is 2.55 bits per heavy atom. The van der Waals surface area contributed by atoms with Crippen molar-refractivity contribution in [1.29, 1.82) is 0 Å². The van der Waals surface area contributed by atoms with E-state index in [1.807, 2.05) is 13.0 Å². The third kappa shape index (κ3) is 9.38. The molecule has 0 aliphatic carbocycles. The number of hydrogen-bond acceptors (Lipinski definition) is 13. The molecule has 3 aromatic heterocycles. The number of fused-ring (bicyclic) bond motifs is 7. The zero-order valence-electron chi connectivity index (χ0n) is 35.5. The van der Waals surface area contributed by atoms with Crippen LogP contribution in [0.25, 0.3) is 43.2 Å². The number of carboxylic acid groups (broad SMARTS) is 1. The number of aromatic nitrogens is 4. The van der Waals surface area contributed by atoms with Gasteiger partial charge in [-0.15, -0.1) is 11.3 Å². The standard InChI is InChI=1S/C48H43ClF2N6O7S/c1-27-33-13-15-38(42(27)49)62-32(24-57-20-18-56(2)19-21-57)25-61-31-12-14-36(63-44(51)35-16-17-52-45(55-35)34-6-4-5-7-37(34)60-3)29(22-31)23-39(48(58)59)64-46-41-40(33)43(65-47(41)54-26-53-46)28-8-10-30(50)11-9-28/h4-17,22,26,32,39,44H,18-21,23-25H2,1-3H3,(H,58,59)/t32-,39-,44-/m1/s1. The second-order valence-electron chi connectivity index (χ2n) is 15.7. The molecule has 0 saturated carbocycles. The summed E-state index contributed by atoms with van der Waals surface area (Å²) < 4.78 is 61.6. The maximum Gasteiger partial charge on any atom is 0.345 e. The van der Waals surface area contributed by atoms with E-state index in [2.05, 4.69) is 36.8 Å². The molecule has 0 radical (unpaired) electrons. The van der Waals surface area contributed by atoms with Gasteiger partial charge < -0.3 is 33.7 Å². The highest BCUT2D eigenvalue weighted by Crippen LogP contribution is 2.50. The summed E-state index contributed by atoms with van der Waals surface area (Å²) in [5.74, 6) is -0.174. The minimum Gasteiger partial charge on any atom is -0.496 e. The first-order chi connectivity index (χ1) is 31.5. The number of methoxy groups -OCH3 is 1. The molecule has 1 fully saturated rings. The summed E-state index contributed by atoms with van der Waals surface area (Å²) in [6, 6.07) is 23.0. The Morgan fingerprint density at radius 1 is 0.969 bits per heavy atom. The zero-order valence-corrected chi connectivity index (χ0v) is 37.1. The highest BCUT2D eigenvalue weighted by atomic mass is 35.5. The van der Waals surface area contributed by atoms with Crippen LogP contribution in [0.1, 0.15) is 23.2 Å². The molecule has 334 valence electrons. The molecule has 1 saturated heterocycles. The van der Waals surface area contributed by atoms with Crippen LogP contribution in [-0.2, 0) is 11.2 Å². The lowest BCUT2D eigenvalue weighted by Crippen LogP contribution is -2.49. The van der Waals surface area contributed by atoms with Crippen molar-refractivity contribution in [2.24, 2.45) is 0 Å². The van der Waals surface area contributed by atoms with Crippen LogP contribution in [0.4, 0.5) is 8.78 Å². The number of nitrogens with zero attached hydrogens (tertiary/aromatic N) is 6. The Balaban J connectivity index is 1.15. The van der Waals surface area contributed by atoms with E-state index >= 15 is 4.39 Å². The van der Waals surface area contributed by atoms with Gasteiger partial charge >= 0.3 is 5.97 Å². The molecular formula is C48H43ClF2N6O7S. The van der Waals surface area contributed by atoms with Gasteiger partial charge in [-0.2, -0.15) is 4.39 Å². The normalized spacial score (nSPS) is 17.4. The number of para-hydroxylation sites is 1. The molecular weight excluding hydrogens is 878 g/mol. The van der Waals surface area contributed by atoms with Gasteiger partial charge in [0.15, 0.2) is 5.82 Å². The van der Waals surface area contributed by atoms with Crippen LogP contribution < -0.4 is 23.7 Å². The fourth-order valence-corrected chi connectivity index (χ4v) is 9.32. The summed E-state index contributed by atoms with van der Waals surface area (Å²) in [5.41, 5.74) is 3.43. The SMILES string of the molecule is COc1ccccc1-c1nccc([C@H](F)Oc2ccc3cc2C[C@H](C(=O)O)Oc2ncnc4sc(-c5ccc(F)cc5)c(c24)-c2ccc(c(Cl)c2C)O[C@H](CN2CCN(C)CC2)CO3)n1. The Morgan fingerprint density at radius 2 is 1.77 bits per heavy atom. The largest absolute Gasteiger partial charge is 0.496 e. The van der Waals surface area contributed by atoms with Gasteiger partial charge in [-0.1, -0.05) is 41.9 Å². The fraction of sp³-hybridized carbons (Fsp3) is 0.271. The van der Waals surface area contributed by atoms with Crippen molar-refractivity contribution in [3.05, 3.63) is 125 Å². The van der Waals surface area contributed by atoms with Crippen LogP contribution in [0.15, 0.2) is 97.5 Å². The van der Waals surface area contributed by atoms with Crippen LogP contribution in [0.3, 0.4) is 0 Å². The quantitative estimate of drug-likeness (QED) is 0.147. The van der Waals surface area contributed by atoms with Gasteiger partial charge in [0.25, 0.3) is 6.36 Å². The maximum absolute atomic E-state index is 16.4. The van der Waals surface area contributed by atoms with E-state index in [9.17, 15) is 14.3 Å². The van der Waals surface area contributed by atoms with Crippen LogP contribution in [0.5, 0.6) is 28.9 Å². The van der Waals surface area contributed by atoms with Crippen molar-refractivity contribution in [2.75, 3.05) is 53.5 Å². The number of alkyl halides is 1. The van der Waals surface area contributed by atoms with Crippen molar-refractivity contribution in [3.63, 3.8) is 0 Å². The first kappa shape index (κ1) is 43.8. The molecule has 3 atom stereocenters. The highest BCUT2D eigenvalue weighted by Gasteiger charge is 2.30. The molecule has 0 spiro atoms. The first-order valence-corrected chi connectivity index (χ1v) is 22.0. The average Bonchev–Trinajstić information content (AvgIpc) is 3.71. The molecule has 3 aliphatic heterocycles. The van der Waals surface area contributed by atoms with Crippen molar-refractivity contribution >= 4 is 39.1 Å². The number of carboxylic acids is 1. The average molecular weight is 921 g/mol. The number of halogens is 3. The van der Waals surface area contributed by atoms with Crippen LogP contribution in [0.2, 0.25) is 5.02 Å². The summed E-state index contributed by atoms with van der Waals surface area (Å²) in [6.45, 7) is 5.92. The zero-order chi connectivity index (χ0) is 45.2. The second kappa shape index (κ2) is 18.9. The number of rotatable bonds is 9. The van der Waals surface area contributed by atoms with E-state index in [4.69, 9.17) is 35.3 Å². The minimum absolute atomic E-state index is 0.0162. The van der Waals surface area contributed by atoms with Crippen LogP contribution >= 0.6 is 22.9 Å². The molecule has 6 heterocycles. The van der Waals surface area contributed by atoms with Gasteiger partial charge in [0.05, 0.1) is 23.1 Å². The molecule has 13 nitrogen and oxygen atoms in total. The monoisotopic (exact) mass is 920 g/mol. The summed E-state index contributed by atoms with van der Waals surface area (Å²) >= 11 is 8.53. The van der Waals surface area contributed by atoms with Crippen LogP contribution in [0, 0.1) is 12.7 Å². The number of aliphatic carboxylic acids is 1. The number of carbonyl (C=O) groups is 1. The molecule has 10 rings (SSSR count). The minimum atomic E-state index is -2.10. The topological polar surface area (TPSA) is 141 Å². The van der Waals surface area contributed by atoms with Gasteiger partial charge in [-0.25, -0.2) is 29.1 Å². The third-order valence-corrected chi connectivity index (χ3v) is 13.0. The molecule has 0 amide bonds. The molecule has 4 aromatic carbocycles. The molecule has 3 aliphatic rings. The van der Waals surface area contributed by atoms with Gasteiger partial charge in [0.2, 0.25) is 12.0 Å². The lowest BCUT2D eigenvalue weighted by molar-refractivity contribution is -0.145. The van der Waals surface area contributed by atoms with E-state index in [1.165, 1.54) is 55.2 Å². The fourth-order valence-electron chi connectivity index (χ4n) is 7.95. The molecule has 17 heteroatoms. The summed E-state index contributed by atoms with van der Waals surface area (Å²) in [4.78, 5) is 36.9. The molecule has 4 bridgehead atoms. The van der Waals surface area contributed by atoms with Gasteiger partial charge in [-0.05, 0) is 85.3 Å². The van der Waals surface area contributed by atoms with Crippen molar-refractivity contribution in [3.8, 4) is 61.8 Å². The lowest BCUT2D eigenvalue weighted by Gasteiger charge is -2.34. The van der Waals surface area contributed by atoms with Crippen molar-refractivity contribution in [1.82, 2.24) is 29.7 Å². The number of ether oxygens (including phenoxy) is 5. The van der Waals surface area contributed by atoms with Crippen LogP contribution in [-0.4, -0.2) is 107 Å². The molecule has 0 unspecified atom stereocenters. The molecule has 7 aromatic rings. The van der Waals surface area contributed by atoms with E-state index in [0.29, 0.717) is 71.7 Å². The summed E-state index contributed by atoms with van der Waals surface area (Å²) in [7, 11) is 3.61. The summed E-state index contributed by atoms with van der Waals surface area (Å²) in [5, 5.41) is 11.6. The number of hydrogen-bond donors (Lipinski definition) is 1. The van der Waals surface area contributed by atoms with Gasteiger partial charge in [-0.3, -0.25) is 4.90 Å². The number of piperazine rings is 1. The molecule has 65 heavy (non-hydrogen) atoms. The Bertz CT molecular complexity index is 2860. The van der Waals surface area contributed by atoms with Crippen molar-refractivity contribution in [2.45, 2.75) is 31.9 Å². The smallest absolute Gasteiger partial charge is 0.345 e. The van der Waals surface area contributed by atoms with Gasteiger partial charge in [0, 0.05) is 61.3 Å². The Labute approximate surface area is 382 Å². The predicted octanol–water partition coefficient (Wildman–Crippen LogP) is 9.10. The predicted molar refractivity (Wildman–Crippen MR) is 243 cm³/mol. The third-order valence-electron chi connectivity index (χ3n) is 11.4.